The zero-order valence-electron chi connectivity index (χ0n) is 31.8. The minimum absolute atomic E-state index is 0.0166. The van der Waals surface area contributed by atoms with Gasteiger partial charge in [0.1, 0.15) is 5.75 Å². The van der Waals surface area contributed by atoms with Crippen LogP contribution < -0.4 is 15.2 Å². The molecule has 0 fully saturated rings. The molecular formula is C43H52N4O5S. The summed E-state index contributed by atoms with van der Waals surface area (Å²) in [4.78, 5) is 13.1. The van der Waals surface area contributed by atoms with Crippen LogP contribution in [0.15, 0.2) is 118 Å². The maximum atomic E-state index is 13.7. The predicted molar refractivity (Wildman–Crippen MR) is 211 cm³/mol. The van der Waals surface area contributed by atoms with Crippen LogP contribution in [0.4, 0.5) is 11.4 Å². The van der Waals surface area contributed by atoms with E-state index < -0.39 is 27.4 Å². The van der Waals surface area contributed by atoms with E-state index in [-0.39, 0.29) is 39.5 Å². The van der Waals surface area contributed by atoms with Crippen LogP contribution in [-0.4, -0.2) is 25.5 Å². The average molecular weight is 737 g/mol. The van der Waals surface area contributed by atoms with E-state index in [2.05, 4.69) is 74.7 Å². The molecule has 4 aromatic rings. The molecule has 0 saturated carbocycles. The van der Waals surface area contributed by atoms with Crippen molar-refractivity contribution in [3.63, 3.8) is 0 Å². The van der Waals surface area contributed by atoms with Gasteiger partial charge in [0.2, 0.25) is 0 Å². The maximum Gasteiger partial charge on any atom is 0.261 e. The van der Waals surface area contributed by atoms with E-state index in [0.717, 1.165) is 24.2 Å². The van der Waals surface area contributed by atoms with E-state index in [1.54, 1.807) is 42.5 Å². The first kappa shape index (κ1) is 39.4. The number of aliphatic hydroxyl groups is 1. The number of azo groups is 1. The molecule has 4 N–H and O–H groups in total. The number of sulfonamides is 1. The third kappa shape index (κ3) is 8.55. The van der Waals surface area contributed by atoms with Crippen LogP contribution in [0.25, 0.3) is 5.70 Å². The molecule has 0 aromatic heterocycles. The van der Waals surface area contributed by atoms with Crippen LogP contribution in [0.1, 0.15) is 96.4 Å². The number of nitrogens with two attached hydrogens (primary N) is 1. The molecule has 53 heavy (non-hydrogen) atoms. The zero-order chi connectivity index (χ0) is 38.6. The van der Waals surface area contributed by atoms with Crippen LogP contribution in [0.5, 0.6) is 5.75 Å². The van der Waals surface area contributed by atoms with Crippen molar-refractivity contribution in [1.82, 2.24) is 4.72 Å². The largest absolute Gasteiger partial charge is 0.490 e. The van der Waals surface area contributed by atoms with Gasteiger partial charge in [-0.3, -0.25) is 9.52 Å². The van der Waals surface area contributed by atoms with Gasteiger partial charge in [0.15, 0.2) is 5.60 Å². The third-order valence-corrected chi connectivity index (χ3v) is 12.2. The van der Waals surface area contributed by atoms with Gasteiger partial charge in [-0.15, -0.1) is 0 Å². The van der Waals surface area contributed by atoms with Crippen molar-refractivity contribution in [3.8, 4) is 5.75 Å². The fourth-order valence-corrected chi connectivity index (χ4v) is 7.61. The number of hydrogen-bond acceptors (Lipinski definition) is 7. The van der Waals surface area contributed by atoms with Gasteiger partial charge in [0.05, 0.1) is 28.1 Å². The Bertz CT molecular complexity index is 2090. The van der Waals surface area contributed by atoms with E-state index >= 15 is 0 Å². The van der Waals surface area contributed by atoms with Crippen LogP contribution in [0.2, 0.25) is 0 Å². The Morgan fingerprint density at radius 3 is 2.11 bits per heavy atom. The second kappa shape index (κ2) is 15.7. The number of amides is 1. The number of nitrogens with zero attached hydrogens (tertiary/aromatic N) is 2. The quantitative estimate of drug-likeness (QED) is 0.104. The lowest BCUT2D eigenvalue weighted by molar-refractivity contribution is -0.142. The Morgan fingerprint density at radius 1 is 0.887 bits per heavy atom. The molecule has 3 unspecified atom stereocenters. The van der Waals surface area contributed by atoms with E-state index in [9.17, 15) is 18.3 Å². The molecule has 0 saturated heterocycles. The highest BCUT2D eigenvalue weighted by atomic mass is 32.2. The lowest BCUT2D eigenvalue weighted by Crippen LogP contribution is -2.49. The van der Waals surface area contributed by atoms with Crippen molar-refractivity contribution in [2.45, 2.75) is 102 Å². The first-order valence-corrected chi connectivity index (χ1v) is 19.8. The topological polar surface area (TPSA) is 143 Å². The Balaban J connectivity index is 1.40. The number of primary amides is 1. The summed E-state index contributed by atoms with van der Waals surface area (Å²) in [5.41, 5.74) is 8.15. The fraction of sp³-hybridized carbons (Fsp3) is 0.372. The lowest BCUT2D eigenvalue weighted by Gasteiger charge is -2.38. The Morgan fingerprint density at radius 2 is 1.49 bits per heavy atom. The Hall–Kier alpha value is -4.80. The molecule has 0 radical (unpaired) electrons. The van der Waals surface area contributed by atoms with E-state index in [4.69, 9.17) is 10.5 Å². The summed E-state index contributed by atoms with van der Waals surface area (Å²) in [6.45, 7) is 15.2. The first-order valence-electron chi connectivity index (χ1n) is 18.3. The predicted octanol–water partition coefficient (Wildman–Crippen LogP) is 9.35. The maximum absolute atomic E-state index is 13.7. The van der Waals surface area contributed by atoms with E-state index in [0.29, 0.717) is 23.4 Å². The number of hydrogen-bond donors (Lipinski definition) is 3. The van der Waals surface area contributed by atoms with Crippen LogP contribution in [0.3, 0.4) is 0 Å². The fourth-order valence-electron chi connectivity index (χ4n) is 6.53. The number of carbonyl (C=O) groups is 1. The van der Waals surface area contributed by atoms with Crippen LogP contribution in [-0.2, 0) is 31.2 Å². The molecule has 1 aliphatic carbocycles. The van der Waals surface area contributed by atoms with Gasteiger partial charge in [0, 0.05) is 22.6 Å². The van der Waals surface area contributed by atoms with Gasteiger partial charge in [-0.1, -0.05) is 102 Å². The van der Waals surface area contributed by atoms with Crippen LogP contribution >= 0.6 is 0 Å². The lowest BCUT2D eigenvalue weighted by atomic mass is 9.72. The van der Waals surface area contributed by atoms with Crippen molar-refractivity contribution >= 4 is 33.0 Å². The molecular weight excluding hydrogens is 685 g/mol. The number of carbonyl (C=O) groups excluding carboxylic acids is 1. The number of fused-ring (bicyclic) bond motifs is 1. The summed E-state index contributed by atoms with van der Waals surface area (Å²) < 4.78 is 36.8. The number of rotatable bonds is 15. The standard InChI is InChI=1S/C43H52N4O5S/c1-8-41(4,5)30-21-26-39(37(27-30)42(6,7)9-2)52-29(3)19-20-31-28-38(35-17-13-14-18-36(35)43(31,49)40(44)48)47-53(50,51)34-24-22-33(23-25-34)46-45-32-15-11-10-12-16-32/h10-18,21-29,31,47,49H,8-9,19-20H2,1-7H3,(H2,44,48). The van der Waals surface area contributed by atoms with Gasteiger partial charge in [-0.05, 0) is 91.5 Å². The molecule has 9 nitrogen and oxygen atoms in total. The highest BCUT2D eigenvalue weighted by Gasteiger charge is 2.48. The summed E-state index contributed by atoms with van der Waals surface area (Å²) in [5, 5.41) is 20.4. The molecule has 3 atom stereocenters. The summed E-state index contributed by atoms with van der Waals surface area (Å²) in [6.07, 6.45) is 3.97. The molecule has 10 heteroatoms. The van der Waals surface area contributed by atoms with Crippen molar-refractivity contribution in [2.24, 2.45) is 21.9 Å². The smallest absolute Gasteiger partial charge is 0.261 e. The first-order chi connectivity index (χ1) is 25.0. The average Bonchev–Trinajstić information content (AvgIpc) is 3.15. The van der Waals surface area contributed by atoms with Gasteiger partial charge in [0.25, 0.3) is 15.9 Å². The van der Waals surface area contributed by atoms with E-state index in [1.165, 1.54) is 17.7 Å². The molecule has 0 bridgehead atoms. The Labute approximate surface area is 314 Å². The molecule has 0 spiro atoms. The minimum atomic E-state index is -4.09. The van der Waals surface area contributed by atoms with Gasteiger partial charge >= 0.3 is 0 Å². The summed E-state index contributed by atoms with van der Waals surface area (Å²) in [6, 6.07) is 28.4. The third-order valence-electron chi connectivity index (χ3n) is 10.8. The molecule has 1 amide bonds. The number of ether oxygens (including phenoxy) is 1. The van der Waals surface area contributed by atoms with Crippen molar-refractivity contribution in [1.29, 1.82) is 0 Å². The second-order valence-corrected chi connectivity index (χ2v) is 16.9. The molecule has 4 aromatic carbocycles. The molecule has 1 aliphatic rings. The molecule has 0 heterocycles. The highest BCUT2D eigenvalue weighted by molar-refractivity contribution is 7.89. The monoisotopic (exact) mass is 736 g/mol. The summed E-state index contributed by atoms with van der Waals surface area (Å²) in [5.74, 6) is -0.961. The highest BCUT2D eigenvalue weighted by Crippen LogP contribution is 2.44. The van der Waals surface area contributed by atoms with Gasteiger partial charge in [-0.25, -0.2) is 8.42 Å². The van der Waals surface area contributed by atoms with Gasteiger partial charge < -0.3 is 15.6 Å². The van der Waals surface area contributed by atoms with Gasteiger partial charge in [-0.2, -0.15) is 10.2 Å². The zero-order valence-corrected chi connectivity index (χ0v) is 32.6. The normalized spacial score (nSPS) is 18.3. The molecule has 5 rings (SSSR count). The van der Waals surface area contributed by atoms with E-state index in [1.807, 2.05) is 37.3 Å². The minimum Gasteiger partial charge on any atom is -0.490 e. The van der Waals surface area contributed by atoms with Crippen molar-refractivity contribution in [3.05, 3.63) is 125 Å². The molecule has 0 aliphatic heterocycles. The van der Waals surface area contributed by atoms with Crippen molar-refractivity contribution < 1.29 is 23.1 Å². The van der Waals surface area contributed by atoms with Crippen molar-refractivity contribution in [2.75, 3.05) is 0 Å². The number of nitrogens with one attached hydrogen (secondary N) is 1. The molecule has 280 valence electrons. The number of benzene rings is 4. The summed E-state index contributed by atoms with van der Waals surface area (Å²) in [7, 11) is -4.09. The van der Waals surface area contributed by atoms with Crippen LogP contribution in [0, 0.1) is 5.92 Å². The Kier molecular flexibility index (Phi) is 11.6. The summed E-state index contributed by atoms with van der Waals surface area (Å²) >= 11 is 0. The SMILES string of the molecule is CCC(C)(C)c1ccc(OC(C)CCC2C=C(NS(=O)(=O)c3ccc(N=Nc4ccccc4)cc3)c3ccccc3C2(O)C(N)=O)c(C(C)(C)CC)c1. The second-order valence-electron chi connectivity index (χ2n) is 15.2.